The van der Waals surface area contributed by atoms with Gasteiger partial charge in [-0.2, -0.15) is 0 Å². The Hall–Kier alpha value is -2.50. The summed E-state index contributed by atoms with van der Waals surface area (Å²) < 4.78 is 26.6. The quantitative estimate of drug-likeness (QED) is 0.361. The number of thiophene rings is 1. The fourth-order valence-corrected chi connectivity index (χ4v) is 5.02. The molecule has 0 saturated heterocycles. The summed E-state index contributed by atoms with van der Waals surface area (Å²) in [6.45, 7) is 2.87. The van der Waals surface area contributed by atoms with Crippen molar-refractivity contribution in [2.45, 2.75) is 23.8 Å². The highest BCUT2D eigenvalue weighted by Gasteiger charge is 2.20. The van der Waals surface area contributed by atoms with Gasteiger partial charge in [-0.15, -0.1) is 21.5 Å². The summed E-state index contributed by atoms with van der Waals surface area (Å²) in [5, 5.41) is 26.1. The molecule has 3 N–H and O–H groups in total. The van der Waals surface area contributed by atoms with E-state index in [0.717, 1.165) is 17.0 Å². The first kappa shape index (κ1) is 20.2. The van der Waals surface area contributed by atoms with E-state index < -0.39 is 15.9 Å². The van der Waals surface area contributed by atoms with Crippen molar-refractivity contribution in [3.05, 3.63) is 47.7 Å². The summed E-state index contributed by atoms with van der Waals surface area (Å²) in [6.07, 6.45) is 0.796. The molecule has 3 aromatic rings. The molecular weight excluding hydrogens is 400 g/mol. The van der Waals surface area contributed by atoms with E-state index in [1.54, 1.807) is 11.4 Å². The Labute approximate surface area is 167 Å². The molecule has 11 heteroatoms. The van der Waals surface area contributed by atoms with Gasteiger partial charge < -0.3 is 15.7 Å². The molecule has 0 fully saturated rings. The fourth-order valence-electron chi connectivity index (χ4n) is 2.54. The van der Waals surface area contributed by atoms with E-state index in [2.05, 4.69) is 25.8 Å². The van der Waals surface area contributed by atoms with Crippen LogP contribution < -0.4 is 10.6 Å². The van der Waals surface area contributed by atoms with Gasteiger partial charge in [0.25, 0.3) is 0 Å². The highest BCUT2D eigenvalue weighted by molar-refractivity contribution is 7.93. The number of aliphatic hydroxyl groups is 1. The Morgan fingerprint density at radius 2 is 2.14 bits per heavy atom. The summed E-state index contributed by atoms with van der Waals surface area (Å²) in [7, 11) is -3.50. The molecule has 150 valence electrons. The Morgan fingerprint density at radius 3 is 2.89 bits per heavy atom. The van der Waals surface area contributed by atoms with E-state index in [1.165, 1.54) is 6.07 Å². The molecule has 3 heterocycles. The molecule has 0 bridgehead atoms. The van der Waals surface area contributed by atoms with Crippen LogP contribution in [0.2, 0.25) is 0 Å². The highest BCUT2D eigenvalue weighted by Crippen LogP contribution is 2.18. The molecular formula is C17H22N6O3S2. The fraction of sp³-hybridized carbons (Fsp3) is 0.353. The molecule has 0 radical (unpaired) electrons. The Bertz CT molecular complexity index is 1030. The van der Waals surface area contributed by atoms with Crippen molar-refractivity contribution in [1.82, 2.24) is 25.2 Å². The number of nitrogens with zero attached hydrogens (tertiary/aromatic N) is 4. The lowest BCUT2D eigenvalue weighted by atomic mass is 10.4. The predicted molar refractivity (Wildman–Crippen MR) is 108 cm³/mol. The average Bonchev–Trinajstić information content (AvgIpc) is 3.34. The second kappa shape index (κ2) is 9.13. The van der Waals surface area contributed by atoms with Crippen LogP contribution >= 0.6 is 11.3 Å². The van der Waals surface area contributed by atoms with E-state index in [1.807, 2.05) is 35.7 Å². The lowest BCUT2D eigenvalue weighted by molar-refractivity contribution is 0.200. The SMILES string of the molecule is CCNC(=NCc1nnc2ccccn12)NCC(O)CS(=O)(=O)c1cccs1. The number of hydrogen-bond acceptors (Lipinski definition) is 7. The van der Waals surface area contributed by atoms with Crippen molar-refractivity contribution in [2.24, 2.45) is 4.99 Å². The van der Waals surface area contributed by atoms with Crippen LogP contribution in [0.1, 0.15) is 12.7 Å². The van der Waals surface area contributed by atoms with Crippen LogP contribution in [-0.4, -0.2) is 59.0 Å². The number of fused-ring (bicyclic) bond motifs is 1. The van der Waals surface area contributed by atoms with E-state index in [9.17, 15) is 13.5 Å². The monoisotopic (exact) mass is 422 g/mol. The molecule has 0 aliphatic rings. The van der Waals surface area contributed by atoms with Crippen molar-refractivity contribution < 1.29 is 13.5 Å². The number of hydrogen-bond donors (Lipinski definition) is 3. The predicted octanol–water partition coefficient (Wildman–Crippen LogP) is 0.681. The Morgan fingerprint density at radius 1 is 1.29 bits per heavy atom. The zero-order valence-electron chi connectivity index (χ0n) is 15.3. The van der Waals surface area contributed by atoms with Gasteiger partial charge in [0.05, 0.1) is 11.9 Å². The first-order chi connectivity index (χ1) is 13.5. The molecule has 1 unspecified atom stereocenters. The van der Waals surface area contributed by atoms with Crippen LogP contribution in [0.15, 0.2) is 51.1 Å². The maximum absolute atomic E-state index is 12.2. The van der Waals surface area contributed by atoms with Gasteiger partial charge in [-0.1, -0.05) is 12.1 Å². The molecule has 0 aliphatic heterocycles. The third-order valence-electron chi connectivity index (χ3n) is 3.83. The van der Waals surface area contributed by atoms with E-state index in [0.29, 0.717) is 18.3 Å². The second-order valence-corrected chi connectivity index (χ2v) is 9.20. The minimum Gasteiger partial charge on any atom is -0.390 e. The molecule has 0 saturated carbocycles. The van der Waals surface area contributed by atoms with Gasteiger partial charge in [-0.05, 0) is 30.5 Å². The van der Waals surface area contributed by atoms with Crippen LogP contribution in [0.5, 0.6) is 0 Å². The minimum absolute atomic E-state index is 0.0526. The number of guanidine groups is 1. The molecule has 1 atom stereocenters. The zero-order valence-corrected chi connectivity index (χ0v) is 16.9. The van der Waals surface area contributed by atoms with Gasteiger partial charge >= 0.3 is 0 Å². The molecule has 9 nitrogen and oxygen atoms in total. The number of aliphatic hydroxyl groups excluding tert-OH is 1. The summed E-state index contributed by atoms with van der Waals surface area (Å²) in [4.78, 5) is 4.44. The van der Waals surface area contributed by atoms with E-state index in [4.69, 9.17) is 0 Å². The molecule has 28 heavy (non-hydrogen) atoms. The number of rotatable bonds is 8. The van der Waals surface area contributed by atoms with Crippen LogP contribution in [0.25, 0.3) is 5.65 Å². The van der Waals surface area contributed by atoms with Crippen molar-refractivity contribution >= 4 is 32.8 Å². The topological polar surface area (TPSA) is 121 Å². The molecule has 0 aromatic carbocycles. The third-order valence-corrected chi connectivity index (χ3v) is 7.11. The third kappa shape index (κ3) is 5.06. The van der Waals surface area contributed by atoms with Crippen molar-refractivity contribution in [3.63, 3.8) is 0 Å². The second-order valence-electron chi connectivity index (χ2n) is 5.99. The molecule has 3 aromatic heterocycles. The normalized spacial score (nSPS) is 13.6. The van der Waals surface area contributed by atoms with Crippen LogP contribution in [0.4, 0.5) is 0 Å². The Kier molecular flexibility index (Phi) is 6.60. The smallest absolute Gasteiger partial charge is 0.191 e. The molecule has 0 aliphatic carbocycles. The average molecular weight is 423 g/mol. The molecule has 0 spiro atoms. The first-order valence-electron chi connectivity index (χ1n) is 8.74. The molecule has 0 amide bonds. The summed E-state index contributed by atoms with van der Waals surface area (Å²) >= 11 is 1.14. The minimum atomic E-state index is -3.50. The summed E-state index contributed by atoms with van der Waals surface area (Å²) in [6, 6.07) is 8.83. The van der Waals surface area contributed by atoms with Gasteiger partial charge in [-0.3, -0.25) is 4.40 Å². The van der Waals surface area contributed by atoms with Crippen molar-refractivity contribution in [3.8, 4) is 0 Å². The number of aliphatic imine (C=N–C) groups is 1. The van der Waals surface area contributed by atoms with Gasteiger partial charge in [0.15, 0.2) is 27.3 Å². The van der Waals surface area contributed by atoms with E-state index in [-0.39, 0.29) is 23.1 Å². The standard InChI is InChI=1S/C17H22N6O3S2/c1-2-18-17(20-11-15-22-21-14-6-3-4-8-23(14)15)19-10-13(24)12-28(25,26)16-7-5-9-27-16/h3-9,13,24H,2,10-12H2,1H3,(H2,18,19,20). The summed E-state index contributed by atoms with van der Waals surface area (Å²) in [5.41, 5.74) is 0.736. The number of nitrogens with one attached hydrogen (secondary N) is 2. The number of aromatic nitrogens is 3. The number of sulfone groups is 1. The van der Waals surface area contributed by atoms with E-state index >= 15 is 0 Å². The van der Waals surface area contributed by atoms with Crippen LogP contribution in [0, 0.1) is 0 Å². The van der Waals surface area contributed by atoms with Gasteiger partial charge in [-0.25, -0.2) is 13.4 Å². The maximum atomic E-state index is 12.2. The summed E-state index contributed by atoms with van der Waals surface area (Å²) in [5.74, 6) is 0.783. The van der Waals surface area contributed by atoms with Crippen molar-refractivity contribution in [2.75, 3.05) is 18.8 Å². The molecule has 3 rings (SSSR count). The largest absolute Gasteiger partial charge is 0.390 e. The van der Waals surface area contributed by atoms with Gasteiger partial charge in [0.1, 0.15) is 10.8 Å². The zero-order chi connectivity index (χ0) is 20.0. The number of pyridine rings is 1. The van der Waals surface area contributed by atoms with Gasteiger partial charge in [0.2, 0.25) is 0 Å². The van der Waals surface area contributed by atoms with Crippen LogP contribution in [0.3, 0.4) is 0 Å². The highest BCUT2D eigenvalue weighted by atomic mass is 32.2. The lowest BCUT2D eigenvalue weighted by Gasteiger charge is -2.15. The maximum Gasteiger partial charge on any atom is 0.191 e. The van der Waals surface area contributed by atoms with Gasteiger partial charge in [0, 0.05) is 19.3 Å². The Balaban J connectivity index is 1.60. The lowest BCUT2D eigenvalue weighted by Crippen LogP contribution is -2.42. The first-order valence-corrected chi connectivity index (χ1v) is 11.3. The van der Waals surface area contributed by atoms with Crippen LogP contribution in [-0.2, 0) is 16.4 Å². The van der Waals surface area contributed by atoms with Crippen molar-refractivity contribution in [1.29, 1.82) is 0 Å².